The van der Waals surface area contributed by atoms with Gasteiger partial charge in [0.2, 0.25) is 0 Å². The number of hydrogen-bond donors (Lipinski definition) is 0. The van der Waals surface area contributed by atoms with Crippen LogP contribution in [0.5, 0.6) is 5.75 Å². The van der Waals surface area contributed by atoms with Crippen LogP contribution in [0.2, 0.25) is 4.13 Å². The summed E-state index contributed by atoms with van der Waals surface area (Å²) in [6, 6.07) is 116. The van der Waals surface area contributed by atoms with Crippen LogP contribution >= 0.6 is 7.81 Å². The molecule has 0 radical (unpaired) electrons. The Bertz CT molecular complexity index is 4350. The molecule has 0 unspecified atom stereocenters. The molecule has 12 aromatic rings. The summed E-state index contributed by atoms with van der Waals surface area (Å²) in [6.07, 6.45) is 0. The fraction of sp³-hybridized carbons (Fsp3) is 0.0267. The van der Waals surface area contributed by atoms with Crippen molar-refractivity contribution in [2.24, 2.45) is 0 Å². The van der Waals surface area contributed by atoms with E-state index in [0.717, 1.165) is 15.4 Å². The summed E-state index contributed by atoms with van der Waals surface area (Å²) in [6.45, 7) is 0. The van der Waals surface area contributed by atoms with Crippen LogP contribution in [-0.2, 0) is 0 Å². The number of ketones is 1. The van der Waals surface area contributed by atoms with E-state index in [0.29, 0.717) is 5.78 Å². The zero-order valence-corrected chi connectivity index (χ0v) is 78.9. The molecule has 0 bridgehead atoms. The number of carbonyl (C=O) groups excluding carboxylic acids is 1. The van der Waals surface area contributed by atoms with E-state index in [9.17, 15) is 106 Å². The first kappa shape index (κ1) is 120. The molecule has 0 saturated heterocycles. The number of carbonyl (C=O) groups is 1. The first-order valence-corrected chi connectivity index (χ1v) is 54.1. The van der Waals surface area contributed by atoms with Crippen LogP contribution in [-0.4, -0.2) is 91.5 Å². The molecular weight excluding hydrogens is 2550 g/mol. The van der Waals surface area contributed by atoms with Crippen molar-refractivity contribution in [3.05, 3.63) is 391 Å². The Morgan fingerprint density at radius 3 is 0.792 bits per heavy atom. The number of ether oxygens (including phenoxy) is 1. The van der Waals surface area contributed by atoms with Gasteiger partial charge in [-0.25, -0.2) is 0 Å². The van der Waals surface area contributed by atoms with Crippen molar-refractivity contribution in [2.75, 3.05) is 7.11 Å². The van der Waals surface area contributed by atoms with Crippen LogP contribution in [0.15, 0.2) is 340 Å². The summed E-state index contributed by atoms with van der Waals surface area (Å²) in [4.78, 5) is 22.0. The Balaban J connectivity index is -0.000000627. The topological polar surface area (TPSA) is 69.4 Å². The summed E-state index contributed by atoms with van der Waals surface area (Å²) in [5.74, 6) is 1.23. The molecule has 1 aliphatic heterocycles. The first-order chi connectivity index (χ1) is 54.0. The molecule has 12 aromatic carbocycles. The van der Waals surface area contributed by atoms with Crippen molar-refractivity contribution >= 4 is 96.3 Å². The summed E-state index contributed by atoms with van der Waals surface area (Å²) in [7, 11) is -23.6. The molecule has 0 saturated carbocycles. The molecule has 120 heavy (non-hydrogen) atoms. The van der Waals surface area contributed by atoms with Gasteiger partial charge in [-0.15, -0.1) is 0 Å². The van der Waals surface area contributed by atoms with Crippen LogP contribution in [0.1, 0.15) is 10.4 Å². The molecule has 0 aliphatic carbocycles. The maximum atomic E-state index is 11.9. The number of Topliss-reactive ketones (excluding diaryl/α,β-unsaturated/α-hetero) is 1. The van der Waals surface area contributed by atoms with E-state index in [4.69, 9.17) is 4.74 Å². The van der Waals surface area contributed by atoms with Crippen LogP contribution in [0.3, 0.4) is 0 Å². The molecule has 0 aromatic heterocycles. The number of nitro benzene ring substituents is 1. The number of halogens is 33. The fourth-order valence-electron chi connectivity index (χ4n) is 7.73. The Kier molecular flexibility index (Phi) is 63.4. The number of nitrogens with zero attached hydrogens (tertiary/aromatic N) is 1. The number of benzene rings is 12. The Morgan fingerprint density at radius 2 is 0.558 bits per heavy atom. The standard InChI is InChI=1S/C13H12IO.C12H9INO2.C12H8I.2C12H10I.C8H7O.C6H5.4BF3.Bi.F6P.10FH.Sb.H/c1-15-13-9-7-12(8-10-13)14-11-5-3-2-4-6-11;15-14(16)12-8-6-11(7-9-12)13-10-4-2-1-3-5-10;1-3-7-11-9(5-1)10-6-2-4-8-12(10)13-11;2*1-3-7-11(8-4-1)13-12-9-5-2-6-10-12;1-7(9)8-5-3-2-4-6-8;1-2-4-6-5-3-1;4*2-1(3)4;;1-7(2,3,4,5)6;;;;;;;;;;;;/h2-10H,1H3;1-9H;1-8H;2*1-10H;2-6H,1H2;1-5H;;;;;;;10*1H;;/q5*-1;;;;;;;;-1;;;;;;;;;;;+5;/p-10. The normalized spacial score (nSPS) is 10.8. The average Bonchev–Trinajstić information content (AvgIpc) is 1.53. The SMILES string of the molecule is COc1ccc([I-]c2ccccc2)cc1.FB(F)F.FB(F)F.FB(F)F.FB(F)F.F[P-](F)(F)(F)(F)F.O=C([CH2][BiH][c]1ccccc1)c1ccccc1.O=[N+]([O-])c1ccc([I-]c2ccccc2)cc1.[F-].[F-].[F-].[F-].[F-].[F][Sb]([F])([F])([F])[F].c1ccc([I-]c2ccccc2)cc1.c1ccc([I-]c2ccccc2)cc1.c1ccc2c(c1)[I-]c1ccccc1-2. The molecule has 45 heteroatoms. The second kappa shape index (κ2) is 63.5. The molecule has 1 heterocycles. The van der Waals surface area contributed by atoms with Crippen molar-refractivity contribution in [1.82, 2.24) is 0 Å². The van der Waals surface area contributed by atoms with E-state index >= 15 is 0 Å². The molecule has 660 valence electrons. The average molecular weight is 2610 g/mol. The Hall–Kier alpha value is -6.41. The van der Waals surface area contributed by atoms with Gasteiger partial charge in [-0.1, -0.05) is 0 Å². The molecule has 13 rings (SSSR count). The van der Waals surface area contributed by atoms with Gasteiger partial charge in [0.1, 0.15) is 0 Å². The van der Waals surface area contributed by atoms with E-state index in [2.05, 4.69) is 249 Å². The number of methoxy groups -OCH3 is 1. The third-order valence-corrected chi connectivity index (χ3v) is 30.5. The van der Waals surface area contributed by atoms with Gasteiger partial charge in [0.15, 0.2) is 0 Å². The predicted octanol–water partition coefficient (Wildman–Crippen LogP) is -5.34. The van der Waals surface area contributed by atoms with Gasteiger partial charge in [-0.2, -0.15) is 0 Å². The Morgan fingerprint density at radius 1 is 0.358 bits per heavy atom. The van der Waals surface area contributed by atoms with Gasteiger partial charge in [-0.3, -0.25) is 51.8 Å². The van der Waals surface area contributed by atoms with Gasteiger partial charge in [0.25, 0.3) is 0 Å². The monoisotopic (exact) mass is 2610 g/mol. The predicted molar refractivity (Wildman–Crippen MR) is 394 cm³/mol. The molecule has 0 atom stereocenters. The third kappa shape index (κ3) is 71.1. The van der Waals surface area contributed by atoms with Crippen molar-refractivity contribution in [2.45, 2.75) is 4.13 Å². The number of non-ortho nitro benzene ring substituents is 1. The van der Waals surface area contributed by atoms with Crippen molar-refractivity contribution < 1.29 is 235 Å². The first-order valence-electron chi connectivity index (χ1n) is 31.8. The van der Waals surface area contributed by atoms with E-state index in [-0.39, 0.29) is 140 Å². The van der Waals surface area contributed by atoms with Crippen LogP contribution in [0.25, 0.3) is 11.1 Å². The van der Waals surface area contributed by atoms with Gasteiger partial charge < -0.3 is 23.5 Å². The van der Waals surface area contributed by atoms with E-state index in [1.54, 1.807) is 26.4 Å². The van der Waals surface area contributed by atoms with Crippen LogP contribution in [0, 0.1) is 45.8 Å². The quantitative estimate of drug-likeness (QED) is 0.0208. The number of nitro groups is 1. The van der Waals surface area contributed by atoms with Crippen molar-refractivity contribution in [3.8, 4) is 16.9 Å². The molecule has 0 spiro atoms. The molecule has 0 amide bonds. The molecule has 0 N–H and O–H groups in total. The van der Waals surface area contributed by atoms with Gasteiger partial charge in [0, 0.05) is 0 Å². The zero-order chi connectivity index (χ0) is 85.8. The summed E-state index contributed by atoms with van der Waals surface area (Å²) in [5.41, 5.74) is 3.93. The second-order valence-corrected chi connectivity index (χ2v) is 46.2. The summed E-state index contributed by atoms with van der Waals surface area (Å²) in [5, 5.41) is 10.5. The number of rotatable bonds is 14. The maximum absolute atomic E-state index is 11.9. The Labute approximate surface area is 742 Å². The minimum atomic E-state index is -10.7. The van der Waals surface area contributed by atoms with Gasteiger partial charge in [0.05, 0.1) is 0 Å². The van der Waals surface area contributed by atoms with Crippen LogP contribution in [0.4, 0.5) is 96.7 Å². The fourth-order valence-corrected chi connectivity index (χ4v) is 23.5. The van der Waals surface area contributed by atoms with E-state index in [1.165, 1.54) is 43.0 Å². The summed E-state index contributed by atoms with van der Waals surface area (Å²) >= 11 is -10.3. The molecular formula is C75H62B4BiF28I5NO4PSb-11. The second-order valence-electron chi connectivity index (χ2n) is 20.7. The van der Waals surface area contributed by atoms with Crippen molar-refractivity contribution in [1.29, 1.82) is 0 Å². The van der Waals surface area contributed by atoms with Gasteiger partial charge in [-0.05, 0) is 0 Å². The van der Waals surface area contributed by atoms with E-state index in [1.807, 2.05) is 78.9 Å². The third-order valence-electron chi connectivity index (χ3n) is 11.9. The molecule has 1 aliphatic rings. The summed E-state index contributed by atoms with van der Waals surface area (Å²) < 4.78 is 246. The molecule has 0 fully saturated rings. The molecule has 5 nitrogen and oxygen atoms in total. The van der Waals surface area contributed by atoms with E-state index < -0.39 is 81.5 Å². The number of hydrogen-bond acceptors (Lipinski definition) is 4. The van der Waals surface area contributed by atoms with Gasteiger partial charge >= 0.3 is 675 Å². The zero-order valence-electron chi connectivity index (χ0n) is 60.8. The number of fused-ring (bicyclic) bond motifs is 3. The minimum absolute atomic E-state index is 0. The van der Waals surface area contributed by atoms with Crippen LogP contribution < -0.4 is 138 Å². The van der Waals surface area contributed by atoms with Crippen molar-refractivity contribution in [3.63, 3.8) is 0 Å².